The van der Waals surface area contributed by atoms with Gasteiger partial charge in [0, 0.05) is 6.08 Å². The molecular formula is C16H24ClN7O4. The van der Waals surface area contributed by atoms with Crippen molar-refractivity contribution in [2.45, 2.75) is 27.3 Å². The van der Waals surface area contributed by atoms with Crippen LogP contribution in [0.5, 0.6) is 0 Å². The number of hydrogen-bond acceptors (Lipinski definition) is 8. The van der Waals surface area contributed by atoms with Crippen molar-refractivity contribution in [1.29, 1.82) is 0 Å². The van der Waals surface area contributed by atoms with Crippen molar-refractivity contribution in [3.63, 3.8) is 0 Å². The first-order valence-corrected chi connectivity index (χ1v) is 8.62. The van der Waals surface area contributed by atoms with Crippen LogP contribution in [-0.4, -0.2) is 40.1 Å². The fourth-order valence-corrected chi connectivity index (χ4v) is 2.30. The first kappa shape index (κ1) is 22.8. The van der Waals surface area contributed by atoms with Crippen LogP contribution >= 0.6 is 11.6 Å². The van der Waals surface area contributed by atoms with E-state index < -0.39 is 11.7 Å². The minimum Gasteiger partial charge on any atom is -0.495 e. The van der Waals surface area contributed by atoms with Gasteiger partial charge >= 0.3 is 6.09 Å². The molecule has 0 aromatic carbocycles. The Morgan fingerprint density at radius 2 is 1.96 bits per heavy atom. The smallest absolute Gasteiger partial charge is 0.413 e. The Morgan fingerprint density at radius 3 is 2.50 bits per heavy atom. The third-order valence-electron chi connectivity index (χ3n) is 3.30. The number of nitrogens with zero attached hydrogens (tertiary/aromatic N) is 3. The minimum absolute atomic E-state index is 0.00987. The van der Waals surface area contributed by atoms with E-state index in [-0.39, 0.29) is 34.6 Å². The largest absolute Gasteiger partial charge is 0.495 e. The lowest BCUT2D eigenvalue weighted by Gasteiger charge is -2.08. The second-order valence-corrected chi connectivity index (χ2v) is 5.53. The molecule has 0 aliphatic rings. The predicted molar refractivity (Wildman–Crippen MR) is 107 cm³/mol. The predicted octanol–water partition coefficient (Wildman–Crippen LogP) is 1.49. The number of fused-ring (bicyclic) bond motifs is 1. The highest BCUT2D eigenvalue weighted by molar-refractivity contribution is 6.29. The number of nitrogens with one attached hydrogen (secondary N) is 2. The molecule has 0 saturated heterocycles. The molecule has 1 amide bonds. The maximum absolute atomic E-state index is 12.4. The lowest BCUT2D eigenvalue weighted by atomic mass is 10.3. The van der Waals surface area contributed by atoms with Gasteiger partial charge in [-0.2, -0.15) is 5.10 Å². The summed E-state index contributed by atoms with van der Waals surface area (Å²) in [5.74, 6) is 0.183. The molecule has 0 aliphatic heterocycles. The number of amides is 1. The average Bonchev–Trinajstić information content (AvgIpc) is 2.96. The second kappa shape index (κ2) is 10.2. The highest BCUT2D eigenvalue weighted by Crippen LogP contribution is 2.16. The van der Waals surface area contributed by atoms with Crippen molar-refractivity contribution in [2.24, 2.45) is 11.5 Å². The Bertz CT molecular complexity index is 958. The first-order chi connectivity index (χ1) is 13.3. The summed E-state index contributed by atoms with van der Waals surface area (Å²) in [5, 5.41) is 6.55. The molecule has 2 aromatic heterocycles. The Hall–Kier alpha value is -3.21. The van der Waals surface area contributed by atoms with E-state index in [9.17, 15) is 9.59 Å². The SMILES string of the molecule is CC.COC(=O)Nc1nc2c(C)nn(C/C(N)=C(/C=C(\N)Cl)OC)c2c(=O)[nH]1. The molecule has 11 nitrogen and oxygen atoms in total. The van der Waals surface area contributed by atoms with E-state index in [0.29, 0.717) is 11.2 Å². The zero-order valence-corrected chi connectivity index (χ0v) is 17.0. The van der Waals surface area contributed by atoms with Crippen molar-refractivity contribution in [3.05, 3.63) is 38.7 Å². The molecular weight excluding hydrogens is 390 g/mol. The quantitative estimate of drug-likeness (QED) is 0.325. The summed E-state index contributed by atoms with van der Waals surface area (Å²) in [6.45, 7) is 5.70. The molecule has 2 heterocycles. The van der Waals surface area contributed by atoms with E-state index in [1.165, 1.54) is 25.0 Å². The highest BCUT2D eigenvalue weighted by atomic mass is 35.5. The molecule has 0 radical (unpaired) electrons. The van der Waals surface area contributed by atoms with E-state index in [2.05, 4.69) is 25.1 Å². The van der Waals surface area contributed by atoms with Crippen LogP contribution in [0.25, 0.3) is 11.0 Å². The Kier molecular flexibility index (Phi) is 8.32. The van der Waals surface area contributed by atoms with Crippen LogP contribution in [0, 0.1) is 6.92 Å². The maximum Gasteiger partial charge on any atom is 0.413 e. The topological polar surface area (TPSA) is 163 Å². The van der Waals surface area contributed by atoms with Gasteiger partial charge in [-0.05, 0) is 6.92 Å². The molecule has 0 unspecified atom stereocenters. The van der Waals surface area contributed by atoms with Gasteiger partial charge in [-0.15, -0.1) is 0 Å². The maximum atomic E-state index is 12.4. The average molecular weight is 414 g/mol. The normalized spacial score (nSPS) is 12.0. The molecule has 12 heteroatoms. The van der Waals surface area contributed by atoms with Gasteiger partial charge in [0.15, 0.2) is 5.52 Å². The van der Waals surface area contributed by atoms with E-state index >= 15 is 0 Å². The van der Waals surface area contributed by atoms with Crippen LogP contribution in [0.1, 0.15) is 19.5 Å². The third kappa shape index (κ3) is 5.39. The molecule has 0 atom stereocenters. The molecule has 0 bridgehead atoms. The summed E-state index contributed by atoms with van der Waals surface area (Å²) in [6.07, 6.45) is 0.580. The number of carbonyl (C=O) groups is 1. The second-order valence-electron chi connectivity index (χ2n) is 5.09. The van der Waals surface area contributed by atoms with Gasteiger partial charge in [-0.25, -0.2) is 9.78 Å². The van der Waals surface area contributed by atoms with Gasteiger partial charge in [-0.1, -0.05) is 25.4 Å². The summed E-state index contributed by atoms with van der Waals surface area (Å²) in [7, 11) is 2.60. The molecule has 2 rings (SSSR count). The van der Waals surface area contributed by atoms with E-state index in [1.807, 2.05) is 13.8 Å². The monoisotopic (exact) mass is 413 g/mol. The van der Waals surface area contributed by atoms with Gasteiger partial charge in [0.1, 0.15) is 16.4 Å². The number of halogens is 1. The summed E-state index contributed by atoms with van der Waals surface area (Å²) >= 11 is 5.63. The number of aromatic nitrogens is 4. The summed E-state index contributed by atoms with van der Waals surface area (Å²) < 4.78 is 11.0. The van der Waals surface area contributed by atoms with Crippen molar-refractivity contribution in [3.8, 4) is 0 Å². The van der Waals surface area contributed by atoms with Crippen molar-refractivity contribution in [1.82, 2.24) is 19.7 Å². The van der Waals surface area contributed by atoms with Gasteiger partial charge in [0.2, 0.25) is 5.95 Å². The van der Waals surface area contributed by atoms with Crippen molar-refractivity contribution < 1.29 is 14.3 Å². The molecule has 6 N–H and O–H groups in total. The van der Waals surface area contributed by atoms with Crippen LogP contribution in [-0.2, 0) is 16.0 Å². The number of H-pyrrole nitrogens is 1. The Labute approximate surface area is 166 Å². The zero-order chi connectivity index (χ0) is 21.4. The fourth-order valence-electron chi connectivity index (χ4n) is 2.21. The summed E-state index contributed by atoms with van der Waals surface area (Å²) in [5.41, 5.74) is 12.1. The lowest BCUT2D eigenvalue weighted by molar-refractivity contribution is 0.186. The van der Waals surface area contributed by atoms with Crippen LogP contribution in [0.2, 0.25) is 0 Å². The molecule has 0 saturated carbocycles. The Morgan fingerprint density at radius 1 is 1.32 bits per heavy atom. The number of nitrogens with two attached hydrogens (primary N) is 2. The first-order valence-electron chi connectivity index (χ1n) is 8.24. The van der Waals surface area contributed by atoms with Gasteiger partial charge in [-0.3, -0.25) is 19.8 Å². The van der Waals surface area contributed by atoms with E-state index in [1.54, 1.807) is 6.92 Å². The summed E-state index contributed by atoms with van der Waals surface area (Å²) in [4.78, 5) is 30.3. The van der Waals surface area contributed by atoms with Gasteiger partial charge < -0.3 is 20.9 Å². The number of allylic oxidation sites excluding steroid dienone is 2. The van der Waals surface area contributed by atoms with E-state index in [0.717, 1.165) is 0 Å². The number of hydrogen-bond donors (Lipinski definition) is 4. The lowest BCUT2D eigenvalue weighted by Crippen LogP contribution is -2.20. The van der Waals surface area contributed by atoms with Crippen molar-refractivity contribution >= 4 is 34.7 Å². The standard InChI is InChI=1S/C14H18ClN7O4.C2H6/c1-6-10-11(12(23)19-13(18-10)20-14(24)26-3)22(21-6)5-7(16)8(25-2)4-9(15)17;1-2/h4H,5,16-17H2,1-3H3,(H2,18,19,20,23,24);1-2H3/b8-7+,9-4-;. The van der Waals surface area contributed by atoms with Gasteiger partial charge in [0.25, 0.3) is 5.56 Å². The fraction of sp³-hybridized carbons (Fsp3) is 0.375. The van der Waals surface area contributed by atoms with Crippen LogP contribution in [0.3, 0.4) is 0 Å². The molecule has 0 spiro atoms. The number of ether oxygens (including phenoxy) is 2. The third-order valence-corrected chi connectivity index (χ3v) is 3.41. The number of aromatic amines is 1. The Balaban J connectivity index is 0.00000190. The zero-order valence-electron chi connectivity index (χ0n) is 16.3. The molecule has 2 aromatic rings. The summed E-state index contributed by atoms with van der Waals surface area (Å²) in [6, 6.07) is 0. The molecule has 28 heavy (non-hydrogen) atoms. The number of carbonyl (C=O) groups excluding carboxylic acids is 1. The number of aryl methyl sites for hydroxylation is 1. The number of rotatable bonds is 5. The molecule has 0 fully saturated rings. The van der Waals surface area contributed by atoms with Gasteiger partial charge in [0.05, 0.1) is 32.2 Å². The van der Waals surface area contributed by atoms with Crippen LogP contribution in [0.4, 0.5) is 10.7 Å². The van der Waals surface area contributed by atoms with Crippen molar-refractivity contribution in [2.75, 3.05) is 19.5 Å². The van der Waals surface area contributed by atoms with Crippen LogP contribution in [0.15, 0.2) is 27.5 Å². The molecule has 154 valence electrons. The highest BCUT2D eigenvalue weighted by Gasteiger charge is 2.16. The van der Waals surface area contributed by atoms with E-state index in [4.69, 9.17) is 27.8 Å². The number of anilines is 1. The number of methoxy groups -OCH3 is 2. The minimum atomic E-state index is -0.764. The van der Waals surface area contributed by atoms with Crippen LogP contribution < -0.4 is 22.3 Å². The molecule has 0 aliphatic carbocycles.